The van der Waals surface area contributed by atoms with Crippen LogP contribution < -0.4 is 0 Å². The molecule has 0 radical (unpaired) electrons. The molecule has 0 aromatic carbocycles. The Hall–Kier alpha value is -0.830. The Kier molecular flexibility index (Phi) is 5.37. The van der Waals surface area contributed by atoms with Gasteiger partial charge in [0.25, 0.3) is 0 Å². The average molecular weight is 171 g/mol. The minimum atomic E-state index is -0.171. The SMILES string of the molecule is C=CC(=O)N(CCC)C(C)OC. The first-order valence-corrected chi connectivity index (χ1v) is 4.13. The van der Waals surface area contributed by atoms with E-state index in [2.05, 4.69) is 6.58 Å². The Labute approximate surface area is 74.0 Å². The van der Waals surface area contributed by atoms with Crippen LogP contribution in [0.2, 0.25) is 0 Å². The van der Waals surface area contributed by atoms with E-state index in [4.69, 9.17) is 4.74 Å². The van der Waals surface area contributed by atoms with Crippen LogP contribution in [0.3, 0.4) is 0 Å². The molecule has 12 heavy (non-hydrogen) atoms. The molecule has 0 saturated heterocycles. The molecule has 0 aromatic rings. The lowest BCUT2D eigenvalue weighted by Crippen LogP contribution is -2.39. The van der Waals surface area contributed by atoms with Gasteiger partial charge >= 0.3 is 0 Å². The summed E-state index contributed by atoms with van der Waals surface area (Å²) in [6, 6.07) is 0. The van der Waals surface area contributed by atoms with E-state index in [1.807, 2.05) is 13.8 Å². The standard InChI is InChI=1S/C9H17NO2/c1-5-7-10(8(3)12-4)9(11)6-2/h6,8H,2,5,7H2,1,3-4H3. The third kappa shape index (κ3) is 3.05. The number of carbonyl (C=O) groups is 1. The molecular weight excluding hydrogens is 154 g/mol. The molecule has 0 aliphatic carbocycles. The monoisotopic (exact) mass is 171 g/mol. The Morgan fingerprint density at radius 1 is 1.75 bits per heavy atom. The molecule has 1 atom stereocenters. The summed E-state index contributed by atoms with van der Waals surface area (Å²) < 4.78 is 5.05. The van der Waals surface area contributed by atoms with Crippen LogP contribution in [0.25, 0.3) is 0 Å². The summed E-state index contributed by atoms with van der Waals surface area (Å²) in [6.45, 7) is 8.01. The van der Waals surface area contributed by atoms with Crippen molar-refractivity contribution >= 4 is 5.91 Å². The molecule has 0 heterocycles. The zero-order chi connectivity index (χ0) is 9.56. The van der Waals surface area contributed by atoms with Crippen LogP contribution in [-0.4, -0.2) is 30.7 Å². The maximum absolute atomic E-state index is 11.2. The smallest absolute Gasteiger partial charge is 0.247 e. The van der Waals surface area contributed by atoms with Crippen LogP contribution in [-0.2, 0) is 9.53 Å². The third-order valence-electron chi connectivity index (χ3n) is 1.70. The fraction of sp³-hybridized carbons (Fsp3) is 0.667. The molecular formula is C9H17NO2. The first kappa shape index (κ1) is 11.2. The molecule has 0 aliphatic heterocycles. The Bertz CT molecular complexity index is 157. The van der Waals surface area contributed by atoms with E-state index in [1.165, 1.54) is 6.08 Å². The van der Waals surface area contributed by atoms with Crippen LogP contribution in [0, 0.1) is 0 Å². The zero-order valence-corrected chi connectivity index (χ0v) is 8.04. The molecule has 0 N–H and O–H groups in total. The van der Waals surface area contributed by atoms with E-state index in [1.54, 1.807) is 12.0 Å². The molecule has 3 nitrogen and oxygen atoms in total. The van der Waals surface area contributed by atoms with Gasteiger partial charge in [-0.2, -0.15) is 0 Å². The van der Waals surface area contributed by atoms with Crippen LogP contribution in [0.5, 0.6) is 0 Å². The highest BCUT2D eigenvalue weighted by Gasteiger charge is 2.15. The number of ether oxygens (including phenoxy) is 1. The summed E-state index contributed by atoms with van der Waals surface area (Å²) in [5.41, 5.74) is 0. The summed E-state index contributed by atoms with van der Waals surface area (Å²) in [5.74, 6) is -0.0776. The van der Waals surface area contributed by atoms with Gasteiger partial charge in [0, 0.05) is 13.7 Å². The van der Waals surface area contributed by atoms with Crippen molar-refractivity contribution in [3.8, 4) is 0 Å². The highest BCUT2D eigenvalue weighted by atomic mass is 16.5. The molecule has 70 valence electrons. The van der Waals surface area contributed by atoms with Crippen molar-refractivity contribution in [3.63, 3.8) is 0 Å². The maximum atomic E-state index is 11.2. The molecule has 1 amide bonds. The second kappa shape index (κ2) is 5.77. The normalized spacial score (nSPS) is 12.2. The summed E-state index contributed by atoms with van der Waals surface area (Å²) >= 11 is 0. The van der Waals surface area contributed by atoms with Gasteiger partial charge in [0.2, 0.25) is 5.91 Å². The largest absolute Gasteiger partial charge is 0.362 e. The second-order valence-electron chi connectivity index (χ2n) is 2.57. The fourth-order valence-electron chi connectivity index (χ4n) is 0.957. The van der Waals surface area contributed by atoms with Gasteiger partial charge in [-0.25, -0.2) is 0 Å². The van der Waals surface area contributed by atoms with Crippen molar-refractivity contribution in [2.75, 3.05) is 13.7 Å². The van der Waals surface area contributed by atoms with Crippen molar-refractivity contribution in [2.24, 2.45) is 0 Å². The van der Waals surface area contributed by atoms with E-state index in [0.29, 0.717) is 6.54 Å². The van der Waals surface area contributed by atoms with E-state index in [-0.39, 0.29) is 12.1 Å². The quantitative estimate of drug-likeness (QED) is 0.462. The third-order valence-corrected chi connectivity index (χ3v) is 1.70. The van der Waals surface area contributed by atoms with Gasteiger partial charge in [-0.15, -0.1) is 0 Å². The highest BCUT2D eigenvalue weighted by Crippen LogP contribution is 2.02. The number of amides is 1. The molecule has 1 unspecified atom stereocenters. The van der Waals surface area contributed by atoms with E-state index in [9.17, 15) is 4.79 Å². The molecule has 0 saturated carbocycles. The molecule has 0 rings (SSSR count). The number of methoxy groups -OCH3 is 1. The van der Waals surface area contributed by atoms with Gasteiger partial charge in [0.15, 0.2) is 0 Å². The Morgan fingerprint density at radius 2 is 2.33 bits per heavy atom. The summed E-state index contributed by atoms with van der Waals surface area (Å²) in [7, 11) is 1.59. The first-order chi connectivity index (χ1) is 5.67. The summed E-state index contributed by atoms with van der Waals surface area (Å²) in [5, 5.41) is 0. The van der Waals surface area contributed by atoms with Crippen molar-refractivity contribution in [2.45, 2.75) is 26.5 Å². The van der Waals surface area contributed by atoms with Crippen molar-refractivity contribution in [3.05, 3.63) is 12.7 Å². The summed E-state index contributed by atoms with van der Waals surface area (Å²) in [6.07, 6.45) is 2.06. The van der Waals surface area contributed by atoms with Gasteiger partial charge in [0.05, 0.1) is 0 Å². The predicted octanol–water partition coefficient (Wildman–Crippen LogP) is 1.40. The number of rotatable bonds is 5. The lowest BCUT2D eigenvalue weighted by atomic mass is 10.3. The van der Waals surface area contributed by atoms with Gasteiger partial charge in [0.1, 0.15) is 6.23 Å². The van der Waals surface area contributed by atoms with Crippen LogP contribution in [0.1, 0.15) is 20.3 Å². The van der Waals surface area contributed by atoms with Crippen LogP contribution in [0.4, 0.5) is 0 Å². The van der Waals surface area contributed by atoms with Crippen molar-refractivity contribution in [1.82, 2.24) is 4.90 Å². The van der Waals surface area contributed by atoms with Gasteiger partial charge in [-0.05, 0) is 19.4 Å². The number of hydrogen-bond donors (Lipinski definition) is 0. The highest BCUT2D eigenvalue weighted by molar-refractivity contribution is 5.87. The van der Waals surface area contributed by atoms with E-state index in [0.717, 1.165) is 6.42 Å². The topological polar surface area (TPSA) is 29.5 Å². The number of carbonyl (C=O) groups excluding carboxylic acids is 1. The predicted molar refractivity (Wildman–Crippen MR) is 48.7 cm³/mol. The molecule has 0 aliphatic rings. The zero-order valence-electron chi connectivity index (χ0n) is 8.04. The average Bonchev–Trinajstić information content (AvgIpc) is 2.11. The number of hydrogen-bond acceptors (Lipinski definition) is 2. The van der Waals surface area contributed by atoms with Crippen LogP contribution >= 0.6 is 0 Å². The van der Waals surface area contributed by atoms with Gasteiger partial charge in [-0.3, -0.25) is 4.79 Å². The molecule has 0 spiro atoms. The van der Waals surface area contributed by atoms with Crippen LogP contribution in [0.15, 0.2) is 12.7 Å². The minimum Gasteiger partial charge on any atom is -0.362 e. The van der Waals surface area contributed by atoms with Crippen molar-refractivity contribution in [1.29, 1.82) is 0 Å². The lowest BCUT2D eigenvalue weighted by molar-refractivity contribution is -0.137. The second-order valence-corrected chi connectivity index (χ2v) is 2.57. The molecule has 0 bridgehead atoms. The first-order valence-electron chi connectivity index (χ1n) is 4.13. The molecule has 3 heteroatoms. The number of nitrogens with zero attached hydrogens (tertiary/aromatic N) is 1. The molecule has 0 fully saturated rings. The van der Waals surface area contributed by atoms with E-state index >= 15 is 0 Å². The minimum absolute atomic E-state index is 0.0776. The fourth-order valence-corrected chi connectivity index (χ4v) is 0.957. The Balaban J connectivity index is 4.20. The Morgan fingerprint density at radius 3 is 2.67 bits per heavy atom. The van der Waals surface area contributed by atoms with Crippen molar-refractivity contribution < 1.29 is 9.53 Å². The molecule has 0 aromatic heterocycles. The van der Waals surface area contributed by atoms with E-state index < -0.39 is 0 Å². The van der Waals surface area contributed by atoms with Gasteiger partial charge < -0.3 is 9.64 Å². The lowest BCUT2D eigenvalue weighted by Gasteiger charge is -2.26. The van der Waals surface area contributed by atoms with Gasteiger partial charge in [-0.1, -0.05) is 13.5 Å². The maximum Gasteiger partial charge on any atom is 0.247 e. The summed E-state index contributed by atoms with van der Waals surface area (Å²) in [4.78, 5) is 12.9.